The molecule has 112 valence electrons. The van der Waals surface area contributed by atoms with Crippen LogP contribution in [-0.2, 0) is 6.42 Å². The summed E-state index contributed by atoms with van der Waals surface area (Å²) in [6.45, 7) is 3.73. The molecule has 0 fully saturated rings. The minimum atomic E-state index is -0.903. The lowest BCUT2D eigenvalue weighted by Crippen LogP contribution is -2.28. The minimum Gasteiger partial charge on any atom is -0.343 e. The van der Waals surface area contributed by atoms with Gasteiger partial charge in [0.1, 0.15) is 22.2 Å². The van der Waals surface area contributed by atoms with Gasteiger partial charge in [0.05, 0.1) is 6.04 Å². The monoisotopic (exact) mass is 374 g/mol. The maximum atomic E-state index is 13.7. The molecule has 21 heavy (non-hydrogen) atoms. The zero-order chi connectivity index (χ0) is 15.6. The van der Waals surface area contributed by atoms with Crippen LogP contribution in [0.1, 0.15) is 40.1 Å². The molecule has 1 aromatic carbocycles. The van der Waals surface area contributed by atoms with E-state index in [9.17, 15) is 13.6 Å². The van der Waals surface area contributed by atoms with Crippen LogP contribution in [-0.4, -0.2) is 10.9 Å². The first-order valence-corrected chi connectivity index (χ1v) is 7.93. The molecule has 2 aromatic rings. The minimum absolute atomic E-state index is 0.245. The number of aryl methyl sites for hydroxylation is 1. The van der Waals surface area contributed by atoms with Gasteiger partial charge in [-0.05, 0) is 25.5 Å². The first-order chi connectivity index (χ1) is 9.92. The molecule has 1 aromatic heterocycles. The van der Waals surface area contributed by atoms with Crippen LogP contribution in [0.5, 0.6) is 0 Å². The Morgan fingerprint density at radius 3 is 2.57 bits per heavy atom. The predicted octanol–water partition coefficient (Wildman–Crippen LogP) is 4.24. The van der Waals surface area contributed by atoms with Crippen LogP contribution in [0.2, 0.25) is 0 Å². The number of carbonyl (C=O) groups excluding carboxylic acids is 1. The highest BCUT2D eigenvalue weighted by Crippen LogP contribution is 2.23. The van der Waals surface area contributed by atoms with Gasteiger partial charge in [0, 0.05) is 15.5 Å². The summed E-state index contributed by atoms with van der Waals surface area (Å²) >= 11 is 4.44. The number of rotatable bonds is 4. The van der Waals surface area contributed by atoms with Crippen molar-refractivity contribution < 1.29 is 13.6 Å². The standard InChI is InChI=1S/C14H13BrF2N2OS/c1-3-9-6-18-14(21-9)7(2)19-13(20)12-10(16)4-8(15)5-11(12)17/h4-7H,3H2,1-2H3,(H,19,20). The fraction of sp³-hybridized carbons (Fsp3) is 0.286. The molecule has 0 bridgehead atoms. The molecule has 1 atom stereocenters. The van der Waals surface area contributed by atoms with Crippen LogP contribution in [0.25, 0.3) is 0 Å². The lowest BCUT2D eigenvalue weighted by Gasteiger charge is -2.12. The third-order valence-electron chi connectivity index (χ3n) is 2.87. The van der Waals surface area contributed by atoms with Gasteiger partial charge in [-0.2, -0.15) is 0 Å². The molecule has 0 radical (unpaired) electrons. The molecule has 1 unspecified atom stereocenters. The van der Waals surface area contributed by atoms with Crippen molar-refractivity contribution >= 4 is 33.2 Å². The lowest BCUT2D eigenvalue weighted by atomic mass is 10.1. The SMILES string of the molecule is CCc1cnc(C(C)NC(=O)c2c(F)cc(Br)cc2F)s1. The van der Waals surface area contributed by atoms with Crippen molar-refractivity contribution in [3.8, 4) is 0 Å². The van der Waals surface area contributed by atoms with E-state index in [1.54, 1.807) is 13.1 Å². The van der Waals surface area contributed by atoms with Gasteiger partial charge in [0.25, 0.3) is 5.91 Å². The molecule has 2 rings (SSSR count). The molecular weight excluding hydrogens is 362 g/mol. The summed E-state index contributed by atoms with van der Waals surface area (Å²) in [4.78, 5) is 17.3. The number of aromatic nitrogens is 1. The van der Waals surface area contributed by atoms with Crippen LogP contribution in [0.4, 0.5) is 8.78 Å². The molecule has 3 nitrogen and oxygen atoms in total. The number of nitrogens with zero attached hydrogens (tertiary/aromatic N) is 1. The van der Waals surface area contributed by atoms with Gasteiger partial charge in [0.15, 0.2) is 0 Å². The van der Waals surface area contributed by atoms with Crippen LogP contribution in [0, 0.1) is 11.6 Å². The highest BCUT2D eigenvalue weighted by molar-refractivity contribution is 9.10. The van der Waals surface area contributed by atoms with Crippen LogP contribution >= 0.6 is 27.3 Å². The second kappa shape index (κ2) is 6.62. The van der Waals surface area contributed by atoms with E-state index in [4.69, 9.17) is 0 Å². The second-order valence-corrected chi connectivity index (χ2v) is 6.52. The average molecular weight is 375 g/mol. The number of amides is 1. The van der Waals surface area contributed by atoms with Gasteiger partial charge in [-0.25, -0.2) is 13.8 Å². The van der Waals surface area contributed by atoms with E-state index in [0.717, 1.165) is 23.4 Å². The number of carbonyl (C=O) groups is 1. The summed E-state index contributed by atoms with van der Waals surface area (Å²) in [6.07, 6.45) is 2.59. The molecule has 0 aliphatic carbocycles. The Morgan fingerprint density at radius 1 is 1.43 bits per heavy atom. The number of hydrogen-bond donors (Lipinski definition) is 1. The molecule has 0 aliphatic rings. The largest absolute Gasteiger partial charge is 0.343 e. The first-order valence-electron chi connectivity index (χ1n) is 6.32. The van der Waals surface area contributed by atoms with E-state index in [1.165, 1.54) is 11.3 Å². The topological polar surface area (TPSA) is 42.0 Å². The maximum Gasteiger partial charge on any atom is 0.257 e. The van der Waals surface area contributed by atoms with Crippen molar-refractivity contribution in [1.82, 2.24) is 10.3 Å². The fourth-order valence-corrected chi connectivity index (χ4v) is 3.04. The van der Waals surface area contributed by atoms with E-state index in [0.29, 0.717) is 5.01 Å². The van der Waals surface area contributed by atoms with E-state index < -0.39 is 29.1 Å². The predicted molar refractivity (Wildman–Crippen MR) is 81.4 cm³/mol. The Balaban J connectivity index is 2.18. The van der Waals surface area contributed by atoms with Crippen LogP contribution < -0.4 is 5.32 Å². The Morgan fingerprint density at radius 2 is 2.05 bits per heavy atom. The smallest absolute Gasteiger partial charge is 0.257 e. The van der Waals surface area contributed by atoms with Gasteiger partial charge in [-0.3, -0.25) is 4.79 Å². The molecule has 1 amide bonds. The second-order valence-electron chi connectivity index (χ2n) is 4.46. The molecule has 1 heterocycles. The average Bonchev–Trinajstić information content (AvgIpc) is 2.86. The third-order valence-corrected chi connectivity index (χ3v) is 4.65. The number of thiazole rings is 1. The normalized spacial score (nSPS) is 12.2. The quantitative estimate of drug-likeness (QED) is 0.869. The Bertz CT molecular complexity index is 652. The Labute approximate surface area is 133 Å². The molecule has 0 saturated carbocycles. The van der Waals surface area contributed by atoms with Crippen molar-refractivity contribution in [2.24, 2.45) is 0 Å². The van der Waals surface area contributed by atoms with Gasteiger partial charge < -0.3 is 5.32 Å². The first kappa shape index (κ1) is 16.0. The van der Waals surface area contributed by atoms with Gasteiger partial charge in [0.2, 0.25) is 0 Å². The number of halogens is 3. The Hall–Kier alpha value is -1.34. The van der Waals surface area contributed by atoms with Crippen molar-refractivity contribution in [3.05, 3.63) is 49.9 Å². The molecule has 0 spiro atoms. The Kier molecular flexibility index (Phi) is 5.05. The summed E-state index contributed by atoms with van der Waals surface area (Å²) in [5, 5.41) is 3.27. The van der Waals surface area contributed by atoms with Crippen LogP contribution in [0.15, 0.2) is 22.8 Å². The van der Waals surface area contributed by atoms with Gasteiger partial charge in [-0.15, -0.1) is 11.3 Å². The van der Waals surface area contributed by atoms with E-state index in [-0.39, 0.29) is 4.47 Å². The highest BCUT2D eigenvalue weighted by Gasteiger charge is 2.21. The molecule has 7 heteroatoms. The highest BCUT2D eigenvalue weighted by atomic mass is 79.9. The fourth-order valence-electron chi connectivity index (χ4n) is 1.78. The molecule has 0 aliphatic heterocycles. The van der Waals surface area contributed by atoms with E-state index in [2.05, 4.69) is 26.2 Å². The summed E-state index contributed by atoms with van der Waals surface area (Å²) < 4.78 is 27.7. The zero-order valence-corrected chi connectivity index (χ0v) is 13.8. The summed E-state index contributed by atoms with van der Waals surface area (Å²) in [7, 11) is 0. The third kappa shape index (κ3) is 3.65. The van der Waals surface area contributed by atoms with Crippen molar-refractivity contribution in [3.63, 3.8) is 0 Å². The van der Waals surface area contributed by atoms with Crippen molar-refractivity contribution in [2.45, 2.75) is 26.3 Å². The summed E-state index contributed by atoms with van der Waals surface area (Å²) in [5.41, 5.74) is -0.586. The van der Waals surface area contributed by atoms with Gasteiger partial charge >= 0.3 is 0 Å². The zero-order valence-electron chi connectivity index (χ0n) is 11.4. The number of hydrogen-bond acceptors (Lipinski definition) is 3. The number of nitrogens with one attached hydrogen (secondary N) is 1. The van der Waals surface area contributed by atoms with E-state index >= 15 is 0 Å². The summed E-state index contributed by atoms with van der Waals surface area (Å²) in [5.74, 6) is -2.60. The summed E-state index contributed by atoms with van der Waals surface area (Å²) in [6, 6.07) is 1.70. The van der Waals surface area contributed by atoms with Crippen molar-refractivity contribution in [2.75, 3.05) is 0 Å². The van der Waals surface area contributed by atoms with E-state index in [1.807, 2.05) is 6.92 Å². The van der Waals surface area contributed by atoms with Crippen LogP contribution in [0.3, 0.4) is 0 Å². The van der Waals surface area contributed by atoms with Crippen molar-refractivity contribution in [1.29, 1.82) is 0 Å². The molecule has 0 saturated heterocycles. The van der Waals surface area contributed by atoms with Gasteiger partial charge in [-0.1, -0.05) is 22.9 Å². The maximum absolute atomic E-state index is 13.7. The molecule has 1 N–H and O–H groups in total. The molecular formula is C14H13BrF2N2OS. The number of benzene rings is 1. The lowest BCUT2D eigenvalue weighted by molar-refractivity contribution is 0.0931.